The number of carbonyl (C=O) groups is 2. The Balaban J connectivity index is 1.89. The highest BCUT2D eigenvalue weighted by molar-refractivity contribution is 5.94. The summed E-state index contributed by atoms with van der Waals surface area (Å²) < 4.78 is 83.5. The first-order chi connectivity index (χ1) is 17.0. The predicted octanol–water partition coefficient (Wildman–Crippen LogP) is 6.59. The third kappa shape index (κ3) is 6.95. The average Bonchev–Trinajstić information content (AvgIpc) is 2.80. The van der Waals surface area contributed by atoms with Crippen molar-refractivity contribution >= 4 is 12.0 Å². The number of benzene rings is 2. The zero-order valence-electron chi connectivity index (χ0n) is 20.8. The number of hydrogen-bond acceptors (Lipinski definition) is 3. The number of nitrogens with zero attached hydrogens (tertiary/aromatic N) is 2. The molecule has 1 aliphatic rings. The summed E-state index contributed by atoms with van der Waals surface area (Å²) >= 11 is 0. The molecule has 2 aromatic carbocycles. The van der Waals surface area contributed by atoms with Gasteiger partial charge in [-0.2, -0.15) is 26.3 Å². The maximum atomic E-state index is 13.2. The van der Waals surface area contributed by atoms with E-state index >= 15 is 0 Å². The second-order valence-electron chi connectivity index (χ2n) is 10.00. The van der Waals surface area contributed by atoms with Crippen LogP contribution in [0.4, 0.5) is 31.1 Å². The molecule has 0 unspecified atom stereocenters. The number of carbonyl (C=O) groups excluding carboxylic acids is 2. The molecule has 0 bridgehead atoms. The molecule has 0 aromatic heterocycles. The fraction of sp³-hybridized carbons (Fsp3) is 0.462. The van der Waals surface area contributed by atoms with Gasteiger partial charge >= 0.3 is 18.4 Å². The van der Waals surface area contributed by atoms with Gasteiger partial charge in [0, 0.05) is 37.7 Å². The van der Waals surface area contributed by atoms with E-state index in [2.05, 4.69) is 0 Å². The molecule has 2 aromatic rings. The Morgan fingerprint density at radius 1 is 0.865 bits per heavy atom. The molecule has 1 fully saturated rings. The molecule has 3 rings (SSSR count). The van der Waals surface area contributed by atoms with Gasteiger partial charge in [-0.05, 0) is 69.2 Å². The van der Waals surface area contributed by atoms with Crippen LogP contribution in [0.25, 0.3) is 0 Å². The van der Waals surface area contributed by atoms with Crippen molar-refractivity contribution in [2.45, 2.75) is 57.1 Å². The summed E-state index contributed by atoms with van der Waals surface area (Å²) in [7, 11) is 1.49. The molecule has 2 atom stereocenters. The van der Waals surface area contributed by atoms with Gasteiger partial charge in [0.15, 0.2) is 0 Å². The number of ether oxygens (including phenoxy) is 1. The summed E-state index contributed by atoms with van der Waals surface area (Å²) in [6.07, 6.45) is -9.37. The Hall–Kier alpha value is -3.24. The van der Waals surface area contributed by atoms with Crippen molar-refractivity contribution < 1.29 is 40.7 Å². The minimum absolute atomic E-state index is 0.0382. The van der Waals surface area contributed by atoms with E-state index in [0.717, 1.165) is 36.4 Å². The number of hydrogen-bond donors (Lipinski definition) is 0. The number of alkyl halides is 6. The maximum absolute atomic E-state index is 13.2. The Morgan fingerprint density at radius 2 is 1.35 bits per heavy atom. The molecule has 1 saturated heterocycles. The Kier molecular flexibility index (Phi) is 7.85. The normalized spacial score (nSPS) is 18.9. The molecular formula is C26H28F6N2O3. The van der Waals surface area contributed by atoms with Crippen molar-refractivity contribution in [1.29, 1.82) is 0 Å². The van der Waals surface area contributed by atoms with Gasteiger partial charge in [-0.3, -0.25) is 4.79 Å². The van der Waals surface area contributed by atoms with E-state index in [0.29, 0.717) is 5.56 Å². The molecule has 0 radical (unpaired) electrons. The number of likely N-dealkylation sites (N-methyl/N-ethyl adjacent to an activating group) is 1. The van der Waals surface area contributed by atoms with Gasteiger partial charge in [-0.15, -0.1) is 0 Å². The summed E-state index contributed by atoms with van der Waals surface area (Å²) in [4.78, 5) is 28.7. The summed E-state index contributed by atoms with van der Waals surface area (Å²) in [5.41, 5.74) is -1.95. The lowest BCUT2D eigenvalue weighted by Crippen LogP contribution is -2.52. The molecule has 1 heterocycles. The van der Waals surface area contributed by atoms with Crippen LogP contribution in [0, 0.1) is 0 Å². The molecule has 0 saturated carbocycles. The van der Waals surface area contributed by atoms with Crippen LogP contribution in [0.2, 0.25) is 0 Å². The highest BCUT2D eigenvalue weighted by atomic mass is 19.4. The summed E-state index contributed by atoms with van der Waals surface area (Å²) in [6, 6.07) is 7.79. The van der Waals surface area contributed by atoms with Gasteiger partial charge in [0.2, 0.25) is 0 Å². The van der Waals surface area contributed by atoms with E-state index in [1.54, 1.807) is 20.8 Å². The molecule has 202 valence electrons. The zero-order chi connectivity index (χ0) is 27.8. The van der Waals surface area contributed by atoms with E-state index in [-0.39, 0.29) is 25.1 Å². The molecule has 0 aliphatic carbocycles. The molecule has 1 aliphatic heterocycles. The number of likely N-dealkylation sites (tertiary alicyclic amines) is 1. The minimum Gasteiger partial charge on any atom is -0.444 e. The van der Waals surface area contributed by atoms with Gasteiger partial charge in [-0.1, -0.05) is 12.1 Å². The third-order valence-corrected chi connectivity index (χ3v) is 6.17. The number of amides is 2. The average molecular weight is 531 g/mol. The predicted molar refractivity (Wildman–Crippen MR) is 124 cm³/mol. The Bertz CT molecular complexity index is 1110. The van der Waals surface area contributed by atoms with Crippen LogP contribution in [-0.2, 0) is 17.1 Å². The maximum Gasteiger partial charge on any atom is 0.416 e. The molecule has 2 amide bonds. The van der Waals surface area contributed by atoms with Crippen LogP contribution in [0.1, 0.15) is 60.2 Å². The van der Waals surface area contributed by atoms with Crippen LogP contribution in [-0.4, -0.2) is 53.6 Å². The van der Waals surface area contributed by atoms with E-state index in [1.807, 2.05) is 0 Å². The van der Waals surface area contributed by atoms with E-state index in [9.17, 15) is 35.9 Å². The first kappa shape index (κ1) is 28.3. The van der Waals surface area contributed by atoms with Crippen molar-refractivity contribution in [2.75, 3.05) is 20.1 Å². The van der Waals surface area contributed by atoms with Gasteiger partial charge < -0.3 is 14.5 Å². The van der Waals surface area contributed by atoms with Gasteiger partial charge in [0.25, 0.3) is 5.91 Å². The standard InChI is InChI=1S/C26H28F6N2O3/c1-24(2,3)37-23(36)34-14-13-21(20(15-34)16-5-9-18(10-6-16)25(27,28)29)33(4)22(35)17-7-11-19(12-8-17)26(30,31)32/h5-12,20-21H,13-15H2,1-4H3/t20-,21+/m0/s1. The van der Waals surface area contributed by atoms with Crippen LogP contribution in [0.5, 0.6) is 0 Å². The van der Waals surface area contributed by atoms with E-state index < -0.39 is 53.0 Å². The first-order valence-corrected chi connectivity index (χ1v) is 11.6. The van der Waals surface area contributed by atoms with Gasteiger partial charge in [-0.25, -0.2) is 4.79 Å². The molecule has 5 nitrogen and oxygen atoms in total. The molecular weight excluding hydrogens is 502 g/mol. The second-order valence-corrected chi connectivity index (χ2v) is 10.00. The van der Waals surface area contributed by atoms with Crippen molar-refractivity contribution in [3.8, 4) is 0 Å². The monoisotopic (exact) mass is 530 g/mol. The number of rotatable bonds is 3. The van der Waals surface area contributed by atoms with Crippen LogP contribution in [0.15, 0.2) is 48.5 Å². The van der Waals surface area contributed by atoms with Gasteiger partial charge in [0.05, 0.1) is 11.1 Å². The summed E-state index contributed by atoms with van der Waals surface area (Å²) in [6.45, 7) is 5.43. The molecule has 11 heteroatoms. The lowest BCUT2D eigenvalue weighted by atomic mass is 9.84. The molecule has 0 N–H and O–H groups in total. The summed E-state index contributed by atoms with van der Waals surface area (Å²) in [5.74, 6) is -1.10. The minimum atomic E-state index is -4.55. The third-order valence-electron chi connectivity index (χ3n) is 6.17. The van der Waals surface area contributed by atoms with Crippen LogP contribution < -0.4 is 0 Å². The Morgan fingerprint density at radius 3 is 1.81 bits per heavy atom. The van der Waals surface area contributed by atoms with Crippen LogP contribution in [0.3, 0.4) is 0 Å². The smallest absolute Gasteiger partial charge is 0.416 e. The quantitative estimate of drug-likeness (QED) is 0.421. The van der Waals surface area contributed by atoms with E-state index in [4.69, 9.17) is 4.74 Å². The molecule has 37 heavy (non-hydrogen) atoms. The van der Waals surface area contributed by atoms with Crippen molar-refractivity contribution in [3.63, 3.8) is 0 Å². The fourth-order valence-corrected chi connectivity index (χ4v) is 4.30. The Labute approximate surface area is 211 Å². The number of piperidine rings is 1. The largest absolute Gasteiger partial charge is 0.444 e. The van der Waals surface area contributed by atoms with Crippen LogP contribution >= 0.6 is 0 Å². The zero-order valence-corrected chi connectivity index (χ0v) is 20.8. The van der Waals surface area contributed by atoms with E-state index in [1.165, 1.54) is 29.0 Å². The molecule has 0 spiro atoms. The van der Waals surface area contributed by atoms with Crippen molar-refractivity contribution in [3.05, 3.63) is 70.8 Å². The number of halogens is 6. The highest BCUT2D eigenvalue weighted by Crippen LogP contribution is 2.35. The lowest BCUT2D eigenvalue weighted by molar-refractivity contribution is -0.138. The topological polar surface area (TPSA) is 49.9 Å². The SMILES string of the molecule is CN(C(=O)c1ccc(C(F)(F)F)cc1)[C@@H]1CCN(C(=O)OC(C)(C)C)C[C@H]1c1ccc(C(F)(F)F)cc1. The van der Waals surface area contributed by atoms with Crippen molar-refractivity contribution in [2.24, 2.45) is 0 Å². The highest BCUT2D eigenvalue weighted by Gasteiger charge is 2.39. The fourth-order valence-electron chi connectivity index (χ4n) is 4.30. The second kappa shape index (κ2) is 10.3. The van der Waals surface area contributed by atoms with Gasteiger partial charge in [0.1, 0.15) is 5.60 Å². The lowest BCUT2D eigenvalue weighted by Gasteiger charge is -2.43. The van der Waals surface area contributed by atoms with Crippen molar-refractivity contribution in [1.82, 2.24) is 9.80 Å². The first-order valence-electron chi connectivity index (χ1n) is 11.6. The summed E-state index contributed by atoms with van der Waals surface area (Å²) in [5, 5.41) is 0.